The molecule has 0 N–H and O–H groups in total. The highest BCUT2D eigenvalue weighted by molar-refractivity contribution is 5.79. The van der Waals surface area contributed by atoms with Crippen LogP contribution in [0.25, 0.3) is 0 Å². The molecular formula is C15H31NO. The molecule has 0 aromatic heterocycles. The summed E-state index contributed by atoms with van der Waals surface area (Å²) < 4.78 is 0. The van der Waals surface area contributed by atoms with E-state index in [-0.39, 0.29) is 5.41 Å². The number of hydrogen-bond donors (Lipinski definition) is 0. The minimum atomic E-state index is 0.193. The first-order valence-electron chi connectivity index (χ1n) is 6.98. The van der Waals surface area contributed by atoms with E-state index in [1.807, 2.05) is 0 Å². The van der Waals surface area contributed by atoms with Crippen molar-refractivity contribution in [2.45, 2.75) is 59.8 Å². The third-order valence-electron chi connectivity index (χ3n) is 4.11. The first-order chi connectivity index (χ1) is 7.81. The van der Waals surface area contributed by atoms with Crippen molar-refractivity contribution in [3.05, 3.63) is 0 Å². The molecule has 0 rings (SSSR count). The second-order valence-corrected chi connectivity index (χ2v) is 6.14. The van der Waals surface area contributed by atoms with Gasteiger partial charge >= 0.3 is 0 Å². The van der Waals surface area contributed by atoms with Crippen molar-refractivity contribution < 1.29 is 4.79 Å². The Morgan fingerprint density at radius 2 is 1.82 bits per heavy atom. The summed E-state index contributed by atoms with van der Waals surface area (Å²) in [5.41, 5.74) is 0.193. The lowest BCUT2D eigenvalue weighted by Gasteiger charge is -2.32. The van der Waals surface area contributed by atoms with Crippen LogP contribution in [0.5, 0.6) is 0 Å². The van der Waals surface area contributed by atoms with Gasteiger partial charge in [-0.25, -0.2) is 0 Å². The molecule has 0 aromatic rings. The van der Waals surface area contributed by atoms with E-state index in [4.69, 9.17) is 0 Å². The minimum absolute atomic E-state index is 0.193. The maximum absolute atomic E-state index is 12.0. The standard InChI is InChI=1S/C15H31NO/c1-7-15(4,13(2)3)12-14(17)10-8-9-11-16(5)6/h13H,7-12H2,1-6H3. The summed E-state index contributed by atoms with van der Waals surface area (Å²) in [7, 11) is 4.16. The van der Waals surface area contributed by atoms with Crippen molar-refractivity contribution in [2.24, 2.45) is 11.3 Å². The lowest BCUT2D eigenvalue weighted by Crippen LogP contribution is -2.26. The van der Waals surface area contributed by atoms with Gasteiger partial charge in [0.25, 0.3) is 0 Å². The second kappa shape index (κ2) is 7.86. The molecule has 1 atom stereocenters. The number of nitrogens with zero attached hydrogens (tertiary/aromatic N) is 1. The Morgan fingerprint density at radius 1 is 1.24 bits per heavy atom. The van der Waals surface area contributed by atoms with Gasteiger partial charge in [0.15, 0.2) is 0 Å². The number of carbonyl (C=O) groups is 1. The molecule has 102 valence electrons. The lowest BCUT2D eigenvalue weighted by atomic mass is 9.73. The monoisotopic (exact) mass is 241 g/mol. The summed E-state index contributed by atoms with van der Waals surface area (Å²) in [6.07, 6.45) is 4.77. The fourth-order valence-electron chi connectivity index (χ4n) is 2.03. The van der Waals surface area contributed by atoms with Crippen LogP contribution in [0.4, 0.5) is 0 Å². The van der Waals surface area contributed by atoms with Gasteiger partial charge in [-0.1, -0.05) is 34.1 Å². The average Bonchev–Trinajstić information content (AvgIpc) is 2.23. The largest absolute Gasteiger partial charge is 0.309 e. The Hall–Kier alpha value is -0.370. The molecule has 0 fully saturated rings. The van der Waals surface area contributed by atoms with E-state index in [2.05, 4.69) is 46.7 Å². The van der Waals surface area contributed by atoms with Gasteiger partial charge in [0, 0.05) is 12.8 Å². The van der Waals surface area contributed by atoms with Gasteiger partial charge in [-0.05, 0) is 44.8 Å². The van der Waals surface area contributed by atoms with Crippen LogP contribution < -0.4 is 0 Å². The Kier molecular flexibility index (Phi) is 7.69. The fraction of sp³-hybridized carbons (Fsp3) is 0.933. The third-order valence-corrected chi connectivity index (χ3v) is 4.11. The van der Waals surface area contributed by atoms with Crippen molar-refractivity contribution >= 4 is 5.78 Å². The summed E-state index contributed by atoms with van der Waals surface area (Å²) in [5, 5.41) is 0. The predicted molar refractivity (Wildman–Crippen MR) is 75.3 cm³/mol. The zero-order chi connectivity index (χ0) is 13.5. The molecule has 1 unspecified atom stereocenters. The number of carbonyl (C=O) groups excluding carboxylic acids is 1. The highest BCUT2D eigenvalue weighted by Gasteiger charge is 2.28. The van der Waals surface area contributed by atoms with E-state index in [9.17, 15) is 4.79 Å². The molecule has 0 aliphatic carbocycles. The second-order valence-electron chi connectivity index (χ2n) is 6.14. The highest BCUT2D eigenvalue weighted by atomic mass is 16.1. The van der Waals surface area contributed by atoms with E-state index in [1.165, 1.54) is 0 Å². The number of hydrogen-bond acceptors (Lipinski definition) is 2. The number of Topliss-reactive ketones (excluding diaryl/α,β-unsaturated/α-hetero) is 1. The van der Waals surface area contributed by atoms with E-state index in [1.54, 1.807) is 0 Å². The number of ketones is 1. The van der Waals surface area contributed by atoms with Crippen molar-refractivity contribution in [3.63, 3.8) is 0 Å². The molecule has 2 heteroatoms. The lowest BCUT2D eigenvalue weighted by molar-refractivity contribution is -0.122. The topological polar surface area (TPSA) is 20.3 Å². The molecule has 0 spiro atoms. The van der Waals surface area contributed by atoms with E-state index in [0.717, 1.165) is 38.6 Å². The summed E-state index contributed by atoms with van der Waals surface area (Å²) in [5.74, 6) is 1.03. The number of unbranched alkanes of at least 4 members (excludes halogenated alkanes) is 1. The summed E-state index contributed by atoms with van der Waals surface area (Å²) in [6, 6.07) is 0. The maximum Gasteiger partial charge on any atom is 0.133 e. The molecule has 0 aromatic carbocycles. The third kappa shape index (κ3) is 6.82. The van der Waals surface area contributed by atoms with Gasteiger partial charge in [-0.15, -0.1) is 0 Å². The average molecular weight is 241 g/mol. The summed E-state index contributed by atoms with van der Waals surface area (Å²) in [6.45, 7) is 9.98. The normalized spacial score (nSPS) is 15.3. The van der Waals surface area contributed by atoms with Gasteiger partial charge < -0.3 is 4.90 Å². The van der Waals surface area contributed by atoms with Crippen molar-refractivity contribution in [2.75, 3.05) is 20.6 Å². The zero-order valence-electron chi connectivity index (χ0n) is 12.7. The molecule has 0 saturated carbocycles. The van der Waals surface area contributed by atoms with Gasteiger partial charge in [0.05, 0.1) is 0 Å². The van der Waals surface area contributed by atoms with Gasteiger partial charge in [-0.2, -0.15) is 0 Å². The molecule has 0 amide bonds. The Balaban J connectivity index is 3.92. The molecule has 0 radical (unpaired) electrons. The predicted octanol–water partition coefficient (Wildman–Crippen LogP) is 3.75. The van der Waals surface area contributed by atoms with Gasteiger partial charge in [0.2, 0.25) is 0 Å². The van der Waals surface area contributed by atoms with Crippen LogP contribution in [0.15, 0.2) is 0 Å². The van der Waals surface area contributed by atoms with E-state index >= 15 is 0 Å². The molecule has 0 aliphatic heterocycles. The molecule has 2 nitrogen and oxygen atoms in total. The minimum Gasteiger partial charge on any atom is -0.309 e. The van der Waals surface area contributed by atoms with Crippen LogP contribution in [0.1, 0.15) is 59.8 Å². The number of rotatable bonds is 9. The Bertz CT molecular complexity index is 223. The first-order valence-corrected chi connectivity index (χ1v) is 6.98. The molecule has 17 heavy (non-hydrogen) atoms. The van der Waals surface area contributed by atoms with Crippen molar-refractivity contribution in [1.29, 1.82) is 0 Å². The summed E-state index contributed by atoms with van der Waals surface area (Å²) >= 11 is 0. The zero-order valence-corrected chi connectivity index (χ0v) is 12.7. The molecule has 0 bridgehead atoms. The van der Waals surface area contributed by atoms with E-state index in [0.29, 0.717) is 11.7 Å². The Labute approximate surface area is 108 Å². The molecule has 0 aliphatic rings. The van der Waals surface area contributed by atoms with Crippen molar-refractivity contribution in [3.8, 4) is 0 Å². The van der Waals surface area contributed by atoms with Crippen LogP contribution in [-0.4, -0.2) is 31.3 Å². The van der Waals surface area contributed by atoms with Crippen LogP contribution in [-0.2, 0) is 4.79 Å². The van der Waals surface area contributed by atoms with Crippen molar-refractivity contribution in [1.82, 2.24) is 4.90 Å². The first kappa shape index (κ1) is 16.6. The van der Waals surface area contributed by atoms with Gasteiger partial charge in [-0.3, -0.25) is 4.79 Å². The quantitative estimate of drug-likeness (QED) is 0.573. The SMILES string of the molecule is CCC(C)(CC(=O)CCCCN(C)C)C(C)C. The van der Waals surface area contributed by atoms with Crippen LogP contribution in [0, 0.1) is 11.3 Å². The van der Waals surface area contributed by atoms with Crippen LogP contribution in [0.2, 0.25) is 0 Å². The molecular weight excluding hydrogens is 210 g/mol. The van der Waals surface area contributed by atoms with Crippen LogP contribution in [0.3, 0.4) is 0 Å². The summed E-state index contributed by atoms with van der Waals surface area (Å²) in [4.78, 5) is 14.1. The smallest absolute Gasteiger partial charge is 0.133 e. The molecule has 0 saturated heterocycles. The molecule has 0 heterocycles. The maximum atomic E-state index is 12.0. The Morgan fingerprint density at radius 3 is 2.24 bits per heavy atom. The highest BCUT2D eigenvalue weighted by Crippen LogP contribution is 2.35. The van der Waals surface area contributed by atoms with Crippen LogP contribution >= 0.6 is 0 Å². The fourth-order valence-corrected chi connectivity index (χ4v) is 2.03. The van der Waals surface area contributed by atoms with E-state index < -0.39 is 0 Å². The van der Waals surface area contributed by atoms with Gasteiger partial charge in [0.1, 0.15) is 5.78 Å².